The number of nitrogens with one attached hydrogen (secondary N) is 1. The first kappa shape index (κ1) is 17.4. The number of rotatable bonds is 7. The van der Waals surface area contributed by atoms with Crippen LogP contribution < -0.4 is 5.32 Å². The second-order valence-corrected chi connectivity index (χ2v) is 8.26. The molecule has 2 N–H and O–H groups in total. The molecule has 1 aromatic heterocycles. The number of aliphatic hydroxyl groups is 1. The van der Waals surface area contributed by atoms with Gasteiger partial charge in [0.05, 0.1) is 21.3 Å². The second kappa shape index (κ2) is 7.07. The van der Waals surface area contributed by atoms with Gasteiger partial charge in [0.25, 0.3) is 0 Å². The number of aromatic nitrogens is 1. The van der Waals surface area contributed by atoms with E-state index in [0.717, 1.165) is 18.5 Å². The van der Waals surface area contributed by atoms with Gasteiger partial charge in [0.1, 0.15) is 0 Å². The Morgan fingerprint density at radius 3 is 2.55 bits per heavy atom. The number of benzene rings is 1. The average molecular weight is 321 g/mol. The van der Waals surface area contributed by atoms with E-state index in [0.29, 0.717) is 12.0 Å². The van der Waals surface area contributed by atoms with Gasteiger partial charge in [-0.2, -0.15) is 0 Å². The Labute approximate surface area is 137 Å². The molecule has 3 unspecified atom stereocenters. The van der Waals surface area contributed by atoms with E-state index in [2.05, 4.69) is 51.2 Å². The molecule has 1 heterocycles. The van der Waals surface area contributed by atoms with Crippen molar-refractivity contribution < 1.29 is 5.11 Å². The third-order valence-corrected chi connectivity index (χ3v) is 5.44. The molecule has 3 atom stereocenters. The molecule has 0 bridgehead atoms. The molecule has 0 saturated carbocycles. The van der Waals surface area contributed by atoms with Crippen molar-refractivity contribution in [3.63, 3.8) is 0 Å². The number of nitrogens with zero attached hydrogens (tertiary/aromatic N) is 1. The second-order valence-electron chi connectivity index (χ2n) is 7.20. The number of para-hydroxylation sites is 1. The van der Waals surface area contributed by atoms with E-state index in [1.807, 2.05) is 13.0 Å². The summed E-state index contributed by atoms with van der Waals surface area (Å²) < 4.78 is 1.26. The zero-order valence-corrected chi connectivity index (χ0v) is 15.1. The maximum absolute atomic E-state index is 9.58. The Bertz CT molecular complexity index is 573. The fourth-order valence-corrected chi connectivity index (χ4v) is 3.91. The van der Waals surface area contributed by atoms with Crippen LogP contribution in [0.1, 0.15) is 52.0 Å². The first-order valence-corrected chi connectivity index (χ1v) is 8.87. The number of hydrogen-bond acceptors (Lipinski definition) is 4. The summed E-state index contributed by atoms with van der Waals surface area (Å²) in [7, 11) is 0. The maximum atomic E-state index is 9.58. The van der Waals surface area contributed by atoms with Gasteiger partial charge in [0.2, 0.25) is 0 Å². The lowest BCUT2D eigenvalue weighted by atomic mass is 9.86. The van der Waals surface area contributed by atoms with E-state index in [-0.39, 0.29) is 11.5 Å². The van der Waals surface area contributed by atoms with Crippen LogP contribution in [0.25, 0.3) is 10.2 Å². The Balaban J connectivity index is 1.98. The first-order valence-electron chi connectivity index (χ1n) is 8.05. The largest absolute Gasteiger partial charge is 0.393 e. The Morgan fingerprint density at radius 2 is 1.91 bits per heavy atom. The van der Waals surface area contributed by atoms with Gasteiger partial charge >= 0.3 is 0 Å². The van der Waals surface area contributed by atoms with Crippen molar-refractivity contribution in [2.45, 2.75) is 59.1 Å². The summed E-state index contributed by atoms with van der Waals surface area (Å²) in [6.07, 6.45) is 0.552. The summed E-state index contributed by atoms with van der Waals surface area (Å²) in [6.45, 7) is 11.6. The van der Waals surface area contributed by atoms with Crippen LogP contribution in [-0.4, -0.2) is 28.8 Å². The smallest absolute Gasteiger partial charge is 0.0982 e. The molecule has 3 nitrogen and oxygen atoms in total. The average Bonchev–Trinajstić information content (AvgIpc) is 2.86. The summed E-state index contributed by atoms with van der Waals surface area (Å²) >= 11 is 1.79. The molecule has 22 heavy (non-hydrogen) atoms. The fraction of sp³-hybridized carbons (Fsp3) is 0.611. The van der Waals surface area contributed by atoms with Crippen molar-refractivity contribution in [3.8, 4) is 0 Å². The van der Waals surface area contributed by atoms with Crippen LogP contribution in [0.5, 0.6) is 0 Å². The summed E-state index contributed by atoms with van der Waals surface area (Å²) in [5, 5.41) is 14.4. The highest BCUT2D eigenvalue weighted by molar-refractivity contribution is 7.18. The number of aliphatic hydroxyl groups excluding tert-OH is 1. The van der Waals surface area contributed by atoms with E-state index in [4.69, 9.17) is 4.98 Å². The molecule has 0 radical (unpaired) electrons. The lowest BCUT2D eigenvalue weighted by Crippen LogP contribution is -2.39. The number of thiazole rings is 1. The van der Waals surface area contributed by atoms with Gasteiger partial charge in [-0.3, -0.25) is 0 Å². The minimum absolute atomic E-state index is 0.0930. The van der Waals surface area contributed by atoms with Gasteiger partial charge in [-0.1, -0.05) is 32.9 Å². The zero-order valence-electron chi connectivity index (χ0n) is 14.3. The lowest BCUT2D eigenvalue weighted by Gasteiger charge is -2.30. The van der Waals surface area contributed by atoms with Crippen molar-refractivity contribution in [2.75, 3.05) is 6.54 Å². The van der Waals surface area contributed by atoms with Gasteiger partial charge in [0, 0.05) is 18.5 Å². The SMILES string of the molecule is CC(O)CC(C)(C)CNC(C)C(C)c1nc2ccccc2s1. The minimum atomic E-state index is -0.256. The van der Waals surface area contributed by atoms with Crippen LogP contribution in [0, 0.1) is 5.41 Å². The van der Waals surface area contributed by atoms with Crippen LogP contribution in [0.3, 0.4) is 0 Å². The molecule has 2 aromatic rings. The molecule has 0 aliphatic carbocycles. The quantitative estimate of drug-likeness (QED) is 0.804. The van der Waals surface area contributed by atoms with E-state index in [9.17, 15) is 5.11 Å². The molecular weight excluding hydrogens is 292 g/mol. The molecule has 4 heteroatoms. The molecule has 0 aliphatic rings. The molecule has 0 spiro atoms. The van der Waals surface area contributed by atoms with E-state index < -0.39 is 0 Å². The third-order valence-electron chi connectivity index (χ3n) is 4.20. The molecule has 0 aliphatic heterocycles. The van der Waals surface area contributed by atoms with Crippen LogP contribution >= 0.6 is 11.3 Å². The van der Waals surface area contributed by atoms with E-state index >= 15 is 0 Å². The van der Waals surface area contributed by atoms with Crippen LogP contribution in [0.2, 0.25) is 0 Å². The maximum Gasteiger partial charge on any atom is 0.0982 e. The molecule has 0 fully saturated rings. The van der Waals surface area contributed by atoms with Gasteiger partial charge in [-0.15, -0.1) is 11.3 Å². The number of hydrogen-bond donors (Lipinski definition) is 2. The van der Waals surface area contributed by atoms with Crippen LogP contribution in [-0.2, 0) is 0 Å². The van der Waals surface area contributed by atoms with Crippen molar-refractivity contribution in [1.82, 2.24) is 10.3 Å². The topological polar surface area (TPSA) is 45.1 Å². The highest BCUT2D eigenvalue weighted by Crippen LogP contribution is 2.29. The van der Waals surface area contributed by atoms with Crippen molar-refractivity contribution in [2.24, 2.45) is 5.41 Å². The molecule has 0 saturated heterocycles. The molecule has 1 aromatic carbocycles. The van der Waals surface area contributed by atoms with Gasteiger partial charge in [0.15, 0.2) is 0 Å². The van der Waals surface area contributed by atoms with Gasteiger partial charge in [-0.05, 0) is 37.8 Å². The predicted octanol–water partition coefficient (Wildman–Crippen LogP) is 4.18. The summed E-state index contributed by atoms with van der Waals surface area (Å²) in [5.41, 5.74) is 1.19. The van der Waals surface area contributed by atoms with E-state index in [1.165, 1.54) is 9.71 Å². The summed E-state index contributed by atoms with van der Waals surface area (Å²) in [5.74, 6) is 0.375. The molecular formula is C18H28N2OS. The van der Waals surface area contributed by atoms with Crippen molar-refractivity contribution >= 4 is 21.6 Å². The Kier molecular flexibility index (Phi) is 5.59. The molecule has 2 rings (SSSR count). The zero-order chi connectivity index (χ0) is 16.3. The normalized spacial score (nSPS) is 16.6. The molecule has 122 valence electrons. The predicted molar refractivity (Wildman–Crippen MR) is 95.6 cm³/mol. The standard InChI is InChI=1S/C18H28N2OS/c1-12(21)10-18(4,5)11-19-14(3)13(2)17-20-15-8-6-7-9-16(15)22-17/h6-9,12-14,19,21H,10-11H2,1-5H3. The monoisotopic (exact) mass is 320 g/mol. The first-order chi connectivity index (χ1) is 10.3. The fourth-order valence-electron chi connectivity index (χ4n) is 2.78. The minimum Gasteiger partial charge on any atom is -0.393 e. The van der Waals surface area contributed by atoms with Crippen molar-refractivity contribution in [1.29, 1.82) is 0 Å². The van der Waals surface area contributed by atoms with Gasteiger partial charge < -0.3 is 10.4 Å². The highest BCUT2D eigenvalue weighted by atomic mass is 32.1. The summed E-state index contributed by atoms with van der Waals surface area (Å²) in [6, 6.07) is 8.67. The van der Waals surface area contributed by atoms with Crippen LogP contribution in [0.4, 0.5) is 0 Å². The highest BCUT2D eigenvalue weighted by Gasteiger charge is 2.23. The molecule has 0 amide bonds. The van der Waals surface area contributed by atoms with Gasteiger partial charge in [-0.25, -0.2) is 4.98 Å². The lowest BCUT2D eigenvalue weighted by molar-refractivity contribution is 0.126. The third kappa shape index (κ3) is 4.51. The number of fused-ring (bicyclic) bond motifs is 1. The Hall–Kier alpha value is -0.970. The van der Waals surface area contributed by atoms with Crippen molar-refractivity contribution in [3.05, 3.63) is 29.3 Å². The summed E-state index contributed by atoms with van der Waals surface area (Å²) in [4.78, 5) is 4.77. The van der Waals surface area contributed by atoms with E-state index in [1.54, 1.807) is 11.3 Å². The van der Waals surface area contributed by atoms with Crippen LogP contribution in [0.15, 0.2) is 24.3 Å². The Morgan fingerprint density at radius 1 is 1.23 bits per heavy atom.